The van der Waals surface area contributed by atoms with Gasteiger partial charge in [0.25, 0.3) is 0 Å². The minimum Gasteiger partial charge on any atom is -0.508 e. The molecule has 0 bridgehead atoms. The highest BCUT2D eigenvalue weighted by Crippen LogP contribution is 2.46. The Labute approximate surface area is 193 Å². The molecule has 0 radical (unpaired) electrons. The van der Waals surface area contributed by atoms with Crippen molar-refractivity contribution in [3.63, 3.8) is 0 Å². The van der Waals surface area contributed by atoms with E-state index in [1.54, 1.807) is 36.4 Å². The Kier molecular flexibility index (Phi) is 5.88. The summed E-state index contributed by atoms with van der Waals surface area (Å²) in [5.41, 5.74) is 5.47. The summed E-state index contributed by atoms with van der Waals surface area (Å²) in [6.07, 6.45) is 0. The standard InChI is InChI=1S/C28H27NO4/c1-17-15-21(30)16-28(18(17)2)33-27-14-6-5-9-24(27)29(22-10-7-12-25(31)19(22)3)23-11-8-13-26(32)20(23)4/h5-16,30-32H,1-4H3. The van der Waals surface area contributed by atoms with Gasteiger partial charge in [-0.1, -0.05) is 24.3 Å². The van der Waals surface area contributed by atoms with E-state index in [2.05, 4.69) is 0 Å². The Balaban J connectivity index is 1.95. The third-order valence-electron chi connectivity index (χ3n) is 5.97. The Bertz CT molecular complexity index is 1280. The van der Waals surface area contributed by atoms with Crippen LogP contribution >= 0.6 is 0 Å². The second-order valence-electron chi connectivity index (χ2n) is 8.13. The van der Waals surface area contributed by atoms with Crippen LogP contribution in [0.15, 0.2) is 72.8 Å². The third-order valence-corrected chi connectivity index (χ3v) is 5.97. The maximum absolute atomic E-state index is 10.4. The van der Waals surface area contributed by atoms with Gasteiger partial charge < -0.3 is 25.0 Å². The molecule has 3 N–H and O–H groups in total. The van der Waals surface area contributed by atoms with Gasteiger partial charge in [0, 0.05) is 17.2 Å². The van der Waals surface area contributed by atoms with Crippen molar-refractivity contribution in [1.82, 2.24) is 0 Å². The molecule has 33 heavy (non-hydrogen) atoms. The second-order valence-corrected chi connectivity index (χ2v) is 8.13. The molecule has 0 aromatic heterocycles. The molecule has 0 heterocycles. The predicted octanol–water partition coefficient (Wildman–Crippen LogP) is 7.30. The average Bonchev–Trinajstić information content (AvgIpc) is 2.78. The highest BCUT2D eigenvalue weighted by molar-refractivity contribution is 5.84. The number of hydrogen-bond donors (Lipinski definition) is 3. The Morgan fingerprint density at radius 2 is 1.12 bits per heavy atom. The number of ether oxygens (including phenoxy) is 1. The molecule has 4 rings (SSSR count). The SMILES string of the molecule is Cc1cc(O)cc(Oc2ccccc2N(c2cccc(O)c2C)c2cccc(O)c2C)c1C. The Morgan fingerprint density at radius 1 is 0.576 bits per heavy atom. The number of nitrogens with zero attached hydrogens (tertiary/aromatic N) is 1. The molecule has 4 aromatic rings. The van der Waals surface area contributed by atoms with E-state index in [0.717, 1.165) is 28.2 Å². The van der Waals surface area contributed by atoms with Crippen molar-refractivity contribution in [3.8, 4) is 28.7 Å². The van der Waals surface area contributed by atoms with Crippen LogP contribution in [0.25, 0.3) is 0 Å². The predicted molar refractivity (Wildman–Crippen MR) is 132 cm³/mol. The molecule has 0 aliphatic rings. The smallest absolute Gasteiger partial charge is 0.151 e. The summed E-state index contributed by atoms with van der Waals surface area (Å²) in [7, 11) is 0. The summed E-state index contributed by atoms with van der Waals surface area (Å²) < 4.78 is 6.34. The van der Waals surface area contributed by atoms with E-state index in [9.17, 15) is 15.3 Å². The molecule has 0 aliphatic carbocycles. The molecule has 0 atom stereocenters. The molecule has 0 saturated heterocycles. The normalized spacial score (nSPS) is 10.8. The van der Waals surface area contributed by atoms with Crippen LogP contribution in [-0.4, -0.2) is 15.3 Å². The van der Waals surface area contributed by atoms with Crippen LogP contribution in [0, 0.1) is 27.7 Å². The summed E-state index contributed by atoms with van der Waals surface area (Å²) in [5, 5.41) is 31.0. The summed E-state index contributed by atoms with van der Waals surface area (Å²) in [4.78, 5) is 1.96. The van der Waals surface area contributed by atoms with E-state index < -0.39 is 0 Å². The van der Waals surface area contributed by atoms with Gasteiger partial charge >= 0.3 is 0 Å². The van der Waals surface area contributed by atoms with E-state index in [-0.39, 0.29) is 17.2 Å². The highest BCUT2D eigenvalue weighted by atomic mass is 16.5. The van der Waals surface area contributed by atoms with Crippen molar-refractivity contribution < 1.29 is 20.1 Å². The minimum absolute atomic E-state index is 0.134. The van der Waals surface area contributed by atoms with Crippen LogP contribution in [0.3, 0.4) is 0 Å². The van der Waals surface area contributed by atoms with Crippen LogP contribution in [-0.2, 0) is 0 Å². The average molecular weight is 442 g/mol. The van der Waals surface area contributed by atoms with E-state index in [1.165, 1.54) is 0 Å². The maximum Gasteiger partial charge on any atom is 0.151 e. The number of para-hydroxylation sites is 2. The fourth-order valence-corrected chi connectivity index (χ4v) is 3.86. The first-order valence-corrected chi connectivity index (χ1v) is 10.7. The Hall–Kier alpha value is -4.12. The molecule has 0 spiro atoms. The number of rotatable bonds is 5. The molecule has 5 nitrogen and oxygen atoms in total. The van der Waals surface area contributed by atoms with Gasteiger partial charge in [-0.05, 0) is 81.3 Å². The summed E-state index contributed by atoms with van der Waals surface area (Å²) in [6.45, 7) is 7.57. The van der Waals surface area contributed by atoms with E-state index in [4.69, 9.17) is 4.74 Å². The van der Waals surface area contributed by atoms with Gasteiger partial charge in [-0.15, -0.1) is 0 Å². The number of aromatic hydroxyl groups is 3. The van der Waals surface area contributed by atoms with Gasteiger partial charge in [0.1, 0.15) is 23.0 Å². The van der Waals surface area contributed by atoms with Crippen molar-refractivity contribution >= 4 is 17.1 Å². The maximum atomic E-state index is 10.4. The van der Waals surface area contributed by atoms with Gasteiger partial charge in [-0.3, -0.25) is 0 Å². The van der Waals surface area contributed by atoms with Crippen molar-refractivity contribution in [2.45, 2.75) is 27.7 Å². The molecular formula is C28H27NO4. The van der Waals surface area contributed by atoms with E-state index in [1.807, 2.05) is 69.0 Å². The van der Waals surface area contributed by atoms with Crippen molar-refractivity contribution in [2.75, 3.05) is 4.90 Å². The molecule has 168 valence electrons. The van der Waals surface area contributed by atoms with Crippen LogP contribution in [0.5, 0.6) is 28.7 Å². The fourth-order valence-electron chi connectivity index (χ4n) is 3.86. The monoisotopic (exact) mass is 441 g/mol. The molecular weight excluding hydrogens is 414 g/mol. The second kappa shape index (κ2) is 8.79. The lowest BCUT2D eigenvalue weighted by Gasteiger charge is -2.30. The lowest BCUT2D eigenvalue weighted by molar-refractivity contribution is 0.452. The molecule has 0 unspecified atom stereocenters. The lowest BCUT2D eigenvalue weighted by atomic mass is 10.1. The number of benzene rings is 4. The Morgan fingerprint density at radius 3 is 1.73 bits per heavy atom. The first-order valence-electron chi connectivity index (χ1n) is 10.7. The minimum atomic E-state index is 0.134. The molecule has 0 aliphatic heterocycles. The number of hydrogen-bond acceptors (Lipinski definition) is 5. The molecule has 4 aromatic carbocycles. The van der Waals surface area contributed by atoms with Gasteiger partial charge in [0.05, 0.1) is 17.1 Å². The van der Waals surface area contributed by atoms with Crippen LogP contribution in [0.4, 0.5) is 17.1 Å². The van der Waals surface area contributed by atoms with Gasteiger partial charge in [-0.25, -0.2) is 0 Å². The summed E-state index contributed by atoms with van der Waals surface area (Å²) >= 11 is 0. The summed E-state index contributed by atoms with van der Waals surface area (Å²) in [5.74, 6) is 1.60. The quantitative estimate of drug-likeness (QED) is 0.303. The zero-order valence-corrected chi connectivity index (χ0v) is 19.1. The number of aryl methyl sites for hydroxylation is 1. The first kappa shape index (κ1) is 22.1. The van der Waals surface area contributed by atoms with Crippen molar-refractivity contribution in [3.05, 3.63) is 95.1 Å². The van der Waals surface area contributed by atoms with Crippen molar-refractivity contribution in [2.24, 2.45) is 0 Å². The summed E-state index contributed by atoms with van der Waals surface area (Å²) in [6, 6.07) is 21.6. The van der Waals surface area contributed by atoms with Gasteiger partial charge in [0.15, 0.2) is 5.75 Å². The van der Waals surface area contributed by atoms with Crippen molar-refractivity contribution in [1.29, 1.82) is 0 Å². The highest BCUT2D eigenvalue weighted by Gasteiger charge is 2.22. The zero-order valence-electron chi connectivity index (χ0n) is 19.1. The molecule has 0 amide bonds. The third kappa shape index (κ3) is 4.17. The van der Waals surface area contributed by atoms with Gasteiger partial charge in [0.2, 0.25) is 0 Å². The fraction of sp³-hybridized carbons (Fsp3) is 0.143. The van der Waals surface area contributed by atoms with Crippen LogP contribution in [0.1, 0.15) is 22.3 Å². The zero-order chi connectivity index (χ0) is 23.7. The largest absolute Gasteiger partial charge is 0.508 e. The first-order chi connectivity index (χ1) is 15.8. The molecule has 0 fully saturated rings. The van der Waals surface area contributed by atoms with Gasteiger partial charge in [-0.2, -0.15) is 0 Å². The lowest BCUT2D eigenvalue weighted by Crippen LogP contribution is -2.13. The number of anilines is 3. The van der Waals surface area contributed by atoms with E-state index >= 15 is 0 Å². The van der Waals surface area contributed by atoms with Crippen LogP contribution in [0.2, 0.25) is 0 Å². The van der Waals surface area contributed by atoms with Crippen LogP contribution < -0.4 is 9.64 Å². The molecule has 5 heteroatoms. The topological polar surface area (TPSA) is 73.2 Å². The number of phenols is 3. The number of phenolic OH excluding ortho intramolecular Hbond substituents is 3. The van der Waals surface area contributed by atoms with E-state index in [0.29, 0.717) is 22.6 Å². The molecule has 0 saturated carbocycles.